The van der Waals surface area contributed by atoms with E-state index in [4.69, 9.17) is 0 Å². The summed E-state index contributed by atoms with van der Waals surface area (Å²) in [6.07, 6.45) is 0.800. The summed E-state index contributed by atoms with van der Waals surface area (Å²) in [6.45, 7) is 0. The number of hydrogen-bond donors (Lipinski definition) is 1. The maximum Gasteiger partial charge on any atom is 0.151 e. The van der Waals surface area contributed by atoms with Crippen molar-refractivity contribution >= 4 is 33.4 Å². The summed E-state index contributed by atoms with van der Waals surface area (Å²) < 4.78 is 22.6. The Labute approximate surface area is 100 Å². The van der Waals surface area contributed by atoms with Crippen LogP contribution >= 0.6 is 23.5 Å². The van der Waals surface area contributed by atoms with Gasteiger partial charge in [-0.15, -0.1) is 0 Å². The van der Waals surface area contributed by atoms with E-state index in [9.17, 15) is 8.42 Å². The molecule has 0 bridgehead atoms. The van der Waals surface area contributed by atoms with Crippen molar-refractivity contribution < 1.29 is 8.42 Å². The van der Waals surface area contributed by atoms with Crippen LogP contribution in [0.5, 0.6) is 0 Å². The number of thioether (sulfide) groups is 2. The van der Waals surface area contributed by atoms with Gasteiger partial charge < -0.3 is 5.32 Å². The molecule has 1 N–H and O–H groups in total. The molecular formula is C9H17NO2S3. The molecule has 0 aromatic rings. The first-order valence-electron chi connectivity index (χ1n) is 5.28. The van der Waals surface area contributed by atoms with Crippen molar-refractivity contribution in [1.29, 1.82) is 0 Å². The lowest BCUT2D eigenvalue weighted by Gasteiger charge is -2.19. The zero-order valence-corrected chi connectivity index (χ0v) is 11.1. The minimum absolute atomic E-state index is 0.208. The number of hydrogen-bond acceptors (Lipinski definition) is 5. The third kappa shape index (κ3) is 3.84. The Morgan fingerprint density at radius 1 is 1.07 bits per heavy atom. The summed E-state index contributed by atoms with van der Waals surface area (Å²) in [4.78, 5) is 0. The summed E-state index contributed by atoms with van der Waals surface area (Å²) in [7, 11) is -2.73. The van der Waals surface area contributed by atoms with Crippen LogP contribution in [-0.4, -0.2) is 55.0 Å². The standard InChI is InChI=1S/C9H17NO2S3/c11-15(12)4-1-8(7-15)10-9-5-13-2-3-14-6-9/h8-10H,1-7H2. The highest BCUT2D eigenvalue weighted by atomic mass is 32.2. The maximum atomic E-state index is 11.3. The van der Waals surface area contributed by atoms with Gasteiger partial charge in [0, 0.05) is 35.1 Å². The smallest absolute Gasteiger partial charge is 0.151 e. The second-order valence-electron chi connectivity index (χ2n) is 4.11. The zero-order valence-electron chi connectivity index (χ0n) is 8.65. The molecule has 6 heteroatoms. The van der Waals surface area contributed by atoms with Crippen LogP contribution in [0.4, 0.5) is 0 Å². The predicted molar refractivity (Wildman–Crippen MR) is 68.6 cm³/mol. The second-order valence-corrected chi connectivity index (χ2v) is 8.64. The van der Waals surface area contributed by atoms with Crippen molar-refractivity contribution in [2.24, 2.45) is 0 Å². The first kappa shape index (κ1) is 12.1. The first-order valence-corrected chi connectivity index (χ1v) is 9.41. The van der Waals surface area contributed by atoms with E-state index >= 15 is 0 Å². The third-order valence-electron chi connectivity index (χ3n) is 2.71. The van der Waals surface area contributed by atoms with Crippen LogP contribution in [0.2, 0.25) is 0 Å². The third-order valence-corrected chi connectivity index (χ3v) is 7.00. The van der Waals surface area contributed by atoms with E-state index in [1.165, 1.54) is 11.5 Å². The van der Waals surface area contributed by atoms with Crippen LogP contribution in [0.15, 0.2) is 0 Å². The highest BCUT2D eigenvalue weighted by Crippen LogP contribution is 2.19. The lowest BCUT2D eigenvalue weighted by Crippen LogP contribution is -2.41. The minimum Gasteiger partial charge on any atom is -0.309 e. The van der Waals surface area contributed by atoms with Gasteiger partial charge in [-0.1, -0.05) is 0 Å². The predicted octanol–water partition coefficient (Wildman–Crippen LogP) is 0.612. The highest BCUT2D eigenvalue weighted by Gasteiger charge is 2.29. The molecule has 0 radical (unpaired) electrons. The van der Waals surface area contributed by atoms with E-state index in [1.807, 2.05) is 23.5 Å². The van der Waals surface area contributed by atoms with E-state index in [0.717, 1.165) is 17.9 Å². The summed E-state index contributed by atoms with van der Waals surface area (Å²) in [6, 6.07) is 0.708. The van der Waals surface area contributed by atoms with E-state index in [1.54, 1.807) is 0 Å². The van der Waals surface area contributed by atoms with Gasteiger partial charge >= 0.3 is 0 Å². The molecule has 2 rings (SSSR count). The van der Waals surface area contributed by atoms with Crippen LogP contribution in [-0.2, 0) is 9.84 Å². The normalized spacial score (nSPS) is 32.7. The second kappa shape index (κ2) is 5.29. The van der Waals surface area contributed by atoms with Crippen LogP contribution < -0.4 is 5.32 Å². The number of nitrogens with one attached hydrogen (secondary N) is 1. The molecule has 1 atom stereocenters. The van der Waals surface area contributed by atoms with Gasteiger partial charge in [-0.05, 0) is 6.42 Å². The summed E-state index contributed by atoms with van der Waals surface area (Å²) in [5, 5.41) is 3.49. The number of sulfone groups is 1. The summed E-state index contributed by atoms with van der Waals surface area (Å²) >= 11 is 3.95. The quantitative estimate of drug-likeness (QED) is 0.794. The molecular weight excluding hydrogens is 250 g/mol. The van der Waals surface area contributed by atoms with Gasteiger partial charge in [-0.3, -0.25) is 0 Å². The van der Waals surface area contributed by atoms with Crippen LogP contribution in [0.1, 0.15) is 6.42 Å². The Morgan fingerprint density at radius 3 is 2.27 bits per heavy atom. The molecule has 2 saturated heterocycles. The van der Waals surface area contributed by atoms with Crippen molar-refractivity contribution in [2.75, 3.05) is 34.5 Å². The molecule has 3 nitrogen and oxygen atoms in total. The Morgan fingerprint density at radius 2 is 1.73 bits per heavy atom. The van der Waals surface area contributed by atoms with Crippen molar-refractivity contribution in [3.05, 3.63) is 0 Å². The van der Waals surface area contributed by atoms with E-state index in [2.05, 4.69) is 5.32 Å². The molecule has 2 aliphatic heterocycles. The van der Waals surface area contributed by atoms with Crippen LogP contribution in [0.3, 0.4) is 0 Å². The SMILES string of the molecule is O=S1(=O)CCC(NC2CSCCSC2)C1. The van der Waals surface area contributed by atoms with Crippen molar-refractivity contribution in [2.45, 2.75) is 18.5 Å². The first-order chi connectivity index (χ1) is 7.16. The largest absolute Gasteiger partial charge is 0.309 e. The molecule has 0 aliphatic carbocycles. The molecule has 0 spiro atoms. The van der Waals surface area contributed by atoms with Gasteiger partial charge in [0.2, 0.25) is 0 Å². The molecule has 0 aromatic heterocycles. The van der Waals surface area contributed by atoms with Gasteiger partial charge in [-0.25, -0.2) is 8.42 Å². The van der Waals surface area contributed by atoms with Crippen LogP contribution in [0, 0.1) is 0 Å². The maximum absolute atomic E-state index is 11.3. The molecule has 0 saturated carbocycles. The average Bonchev–Trinajstić information content (AvgIpc) is 2.41. The number of rotatable bonds is 2. The van der Waals surface area contributed by atoms with E-state index in [0.29, 0.717) is 17.5 Å². The molecule has 2 fully saturated rings. The van der Waals surface area contributed by atoms with E-state index in [-0.39, 0.29) is 6.04 Å². The molecule has 15 heavy (non-hydrogen) atoms. The molecule has 88 valence electrons. The van der Waals surface area contributed by atoms with Gasteiger partial charge in [0.05, 0.1) is 11.5 Å². The molecule has 1 unspecified atom stereocenters. The Bertz CT molecular complexity index is 296. The van der Waals surface area contributed by atoms with Crippen LogP contribution in [0.25, 0.3) is 0 Å². The lowest BCUT2D eigenvalue weighted by atomic mass is 10.2. The average molecular weight is 267 g/mol. The Kier molecular flexibility index (Phi) is 4.26. The monoisotopic (exact) mass is 267 g/mol. The van der Waals surface area contributed by atoms with Crippen molar-refractivity contribution in [3.63, 3.8) is 0 Å². The van der Waals surface area contributed by atoms with Crippen molar-refractivity contribution in [1.82, 2.24) is 5.32 Å². The zero-order chi connectivity index (χ0) is 10.7. The fourth-order valence-electron chi connectivity index (χ4n) is 1.97. The van der Waals surface area contributed by atoms with Crippen molar-refractivity contribution in [3.8, 4) is 0 Å². The summed E-state index contributed by atoms with van der Waals surface area (Å²) in [5.74, 6) is 5.43. The molecule has 2 aliphatic rings. The Hall–Kier alpha value is 0.610. The molecule has 2 heterocycles. The molecule has 0 amide bonds. The van der Waals surface area contributed by atoms with Gasteiger partial charge in [0.1, 0.15) is 0 Å². The van der Waals surface area contributed by atoms with Gasteiger partial charge in [-0.2, -0.15) is 23.5 Å². The van der Waals surface area contributed by atoms with E-state index < -0.39 is 9.84 Å². The van der Waals surface area contributed by atoms with Gasteiger partial charge in [0.15, 0.2) is 9.84 Å². The fraction of sp³-hybridized carbons (Fsp3) is 1.00. The van der Waals surface area contributed by atoms with Gasteiger partial charge in [0.25, 0.3) is 0 Å². The highest BCUT2D eigenvalue weighted by molar-refractivity contribution is 8.03. The Balaban J connectivity index is 1.81. The topological polar surface area (TPSA) is 46.2 Å². The fourth-order valence-corrected chi connectivity index (χ4v) is 6.08. The lowest BCUT2D eigenvalue weighted by molar-refractivity contribution is 0.505. The minimum atomic E-state index is -2.73. The summed E-state index contributed by atoms with van der Waals surface area (Å²) in [5.41, 5.74) is 0. The molecule has 0 aromatic carbocycles.